The lowest BCUT2D eigenvalue weighted by Crippen LogP contribution is -1.96. The molecule has 0 heterocycles. The molecule has 1 aromatic rings. The highest BCUT2D eigenvalue weighted by molar-refractivity contribution is 5.33. The van der Waals surface area contributed by atoms with E-state index in [0.717, 1.165) is 12.8 Å². The zero-order chi connectivity index (χ0) is 11.3. The van der Waals surface area contributed by atoms with E-state index in [1.165, 1.54) is 16.7 Å². The van der Waals surface area contributed by atoms with Crippen LogP contribution in [0.4, 0.5) is 0 Å². The van der Waals surface area contributed by atoms with Crippen molar-refractivity contribution < 1.29 is 0 Å². The van der Waals surface area contributed by atoms with Crippen LogP contribution in [0.25, 0.3) is 0 Å². The summed E-state index contributed by atoms with van der Waals surface area (Å²) in [5.41, 5.74) is 4.16. The average Bonchev–Trinajstić information content (AvgIpc) is 2.17. The highest BCUT2D eigenvalue weighted by Crippen LogP contribution is 2.22. The average molecular weight is 200 g/mol. The molecule has 0 aromatic heterocycles. The quantitative estimate of drug-likeness (QED) is 0.627. The van der Waals surface area contributed by atoms with E-state index in [0.29, 0.717) is 5.92 Å². The lowest BCUT2D eigenvalue weighted by atomic mass is 9.93. The maximum atomic E-state index is 3.23. The van der Waals surface area contributed by atoms with Crippen molar-refractivity contribution in [3.8, 4) is 11.8 Å². The van der Waals surface area contributed by atoms with Crippen molar-refractivity contribution >= 4 is 0 Å². The smallest absolute Gasteiger partial charge is 0.0155 e. The summed E-state index contributed by atoms with van der Waals surface area (Å²) in [7, 11) is 0. The van der Waals surface area contributed by atoms with Crippen LogP contribution in [0.5, 0.6) is 0 Å². The van der Waals surface area contributed by atoms with Crippen LogP contribution in [0, 0.1) is 25.7 Å². The van der Waals surface area contributed by atoms with Crippen LogP contribution in [-0.2, 0) is 0 Å². The third kappa shape index (κ3) is 3.44. The number of hydrogen-bond acceptors (Lipinski definition) is 0. The zero-order valence-electron chi connectivity index (χ0n) is 10.2. The van der Waals surface area contributed by atoms with E-state index in [2.05, 4.69) is 57.7 Å². The van der Waals surface area contributed by atoms with E-state index >= 15 is 0 Å². The fraction of sp³-hybridized carbons (Fsp3) is 0.467. The zero-order valence-corrected chi connectivity index (χ0v) is 10.2. The highest BCUT2D eigenvalue weighted by atomic mass is 14.1. The molecule has 0 nitrogen and oxygen atoms in total. The summed E-state index contributed by atoms with van der Waals surface area (Å²) in [5, 5.41) is 0. The Labute approximate surface area is 93.7 Å². The molecule has 0 aliphatic rings. The molecule has 0 bridgehead atoms. The van der Waals surface area contributed by atoms with Gasteiger partial charge in [0.15, 0.2) is 0 Å². The van der Waals surface area contributed by atoms with Crippen LogP contribution in [-0.4, -0.2) is 0 Å². The molecule has 0 aliphatic carbocycles. The molecule has 0 saturated heterocycles. The van der Waals surface area contributed by atoms with E-state index in [1.54, 1.807) is 0 Å². The van der Waals surface area contributed by atoms with Crippen LogP contribution in [0.3, 0.4) is 0 Å². The minimum absolute atomic E-state index is 0.546. The third-order valence-electron chi connectivity index (χ3n) is 2.67. The van der Waals surface area contributed by atoms with Gasteiger partial charge in [0.1, 0.15) is 0 Å². The Hall–Kier alpha value is -1.22. The van der Waals surface area contributed by atoms with Gasteiger partial charge in [0.25, 0.3) is 0 Å². The summed E-state index contributed by atoms with van der Waals surface area (Å²) in [6, 6.07) is 6.67. The Morgan fingerprint density at radius 3 is 2.53 bits per heavy atom. The Balaban J connectivity index is 2.77. The Morgan fingerprint density at radius 1 is 1.20 bits per heavy atom. The second-order valence-electron chi connectivity index (χ2n) is 4.17. The van der Waals surface area contributed by atoms with Crippen LogP contribution >= 0.6 is 0 Å². The van der Waals surface area contributed by atoms with Gasteiger partial charge < -0.3 is 0 Å². The molecule has 0 amide bonds. The molecule has 1 unspecified atom stereocenters. The fourth-order valence-electron chi connectivity index (χ4n) is 1.84. The SMILES string of the molecule is CCC#CCC(C)c1ccc(C)cc1C. The molecule has 0 N–H and O–H groups in total. The van der Waals surface area contributed by atoms with Crippen molar-refractivity contribution in [2.75, 3.05) is 0 Å². The number of hydrogen-bond donors (Lipinski definition) is 0. The van der Waals surface area contributed by atoms with Gasteiger partial charge in [-0.15, -0.1) is 11.8 Å². The topological polar surface area (TPSA) is 0 Å². The molecular formula is C15H20. The van der Waals surface area contributed by atoms with Gasteiger partial charge in [0.2, 0.25) is 0 Å². The van der Waals surface area contributed by atoms with Gasteiger partial charge in [-0.05, 0) is 30.9 Å². The highest BCUT2D eigenvalue weighted by Gasteiger charge is 2.06. The molecule has 1 atom stereocenters. The summed E-state index contributed by atoms with van der Waals surface area (Å²) in [4.78, 5) is 0. The van der Waals surface area contributed by atoms with Crippen molar-refractivity contribution in [3.05, 3.63) is 34.9 Å². The van der Waals surface area contributed by atoms with E-state index in [-0.39, 0.29) is 0 Å². The van der Waals surface area contributed by atoms with Crippen molar-refractivity contribution in [3.63, 3.8) is 0 Å². The van der Waals surface area contributed by atoms with Crippen molar-refractivity contribution in [1.29, 1.82) is 0 Å². The maximum absolute atomic E-state index is 3.23. The number of aryl methyl sites for hydroxylation is 2. The lowest BCUT2D eigenvalue weighted by Gasteiger charge is -2.12. The van der Waals surface area contributed by atoms with Gasteiger partial charge in [-0.1, -0.05) is 37.6 Å². The first-order chi connectivity index (χ1) is 7.15. The molecule has 80 valence electrons. The summed E-state index contributed by atoms with van der Waals surface area (Å²) in [6.45, 7) is 8.67. The predicted molar refractivity (Wildman–Crippen MR) is 67.0 cm³/mol. The predicted octanol–water partition coefficient (Wildman–Crippen LogP) is 4.21. The second-order valence-corrected chi connectivity index (χ2v) is 4.17. The van der Waals surface area contributed by atoms with Gasteiger partial charge in [-0.2, -0.15) is 0 Å². The standard InChI is InChI=1S/C15H20/c1-5-6-7-8-13(3)15-10-9-12(2)11-14(15)4/h9-11,13H,5,8H2,1-4H3. The van der Waals surface area contributed by atoms with Crippen molar-refractivity contribution in [2.45, 2.75) is 46.5 Å². The number of benzene rings is 1. The van der Waals surface area contributed by atoms with Crippen LogP contribution in [0.15, 0.2) is 18.2 Å². The van der Waals surface area contributed by atoms with Gasteiger partial charge in [-0.3, -0.25) is 0 Å². The van der Waals surface area contributed by atoms with E-state index in [4.69, 9.17) is 0 Å². The van der Waals surface area contributed by atoms with Gasteiger partial charge in [0.05, 0.1) is 0 Å². The summed E-state index contributed by atoms with van der Waals surface area (Å²) in [5.74, 6) is 6.90. The normalized spacial score (nSPS) is 11.7. The molecule has 0 radical (unpaired) electrons. The minimum atomic E-state index is 0.546. The monoisotopic (exact) mass is 200 g/mol. The lowest BCUT2D eigenvalue weighted by molar-refractivity contribution is 0.787. The van der Waals surface area contributed by atoms with E-state index in [1.807, 2.05) is 0 Å². The first-order valence-corrected chi connectivity index (χ1v) is 5.68. The van der Waals surface area contributed by atoms with Crippen molar-refractivity contribution in [1.82, 2.24) is 0 Å². The molecule has 1 aromatic carbocycles. The molecule has 0 saturated carbocycles. The van der Waals surface area contributed by atoms with Crippen molar-refractivity contribution in [2.24, 2.45) is 0 Å². The van der Waals surface area contributed by atoms with Gasteiger partial charge in [0, 0.05) is 12.8 Å². The summed E-state index contributed by atoms with van der Waals surface area (Å²) >= 11 is 0. The summed E-state index contributed by atoms with van der Waals surface area (Å²) < 4.78 is 0. The van der Waals surface area contributed by atoms with Crippen LogP contribution in [0.2, 0.25) is 0 Å². The molecular weight excluding hydrogens is 180 g/mol. The molecule has 0 heteroatoms. The number of rotatable bonds is 2. The molecule has 1 rings (SSSR count). The Morgan fingerprint density at radius 2 is 1.93 bits per heavy atom. The van der Waals surface area contributed by atoms with Gasteiger partial charge in [-0.25, -0.2) is 0 Å². The van der Waals surface area contributed by atoms with Crippen LogP contribution < -0.4 is 0 Å². The molecule has 0 fully saturated rings. The Kier molecular flexibility index (Phi) is 4.43. The second kappa shape index (κ2) is 5.61. The summed E-state index contributed by atoms with van der Waals surface area (Å²) in [6.07, 6.45) is 1.93. The fourth-order valence-corrected chi connectivity index (χ4v) is 1.84. The van der Waals surface area contributed by atoms with Gasteiger partial charge >= 0.3 is 0 Å². The Bertz CT molecular complexity index is 377. The van der Waals surface area contributed by atoms with E-state index in [9.17, 15) is 0 Å². The first kappa shape index (κ1) is 11.9. The van der Waals surface area contributed by atoms with E-state index < -0.39 is 0 Å². The molecule has 0 aliphatic heterocycles. The van der Waals surface area contributed by atoms with Crippen LogP contribution in [0.1, 0.15) is 49.3 Å². The molecule has 15 heavy (non-hydrogen) atoms. The third-order valence-corrected chi connectivity index (χ3v) is 2.67. The minimum Gasteiger partial charge on any atom is -0.104 e. The first-order valence-electron chi connectivity index (χ1n) is 5.68. The maximum Gasteiger partial charge on any atom is 0.0155 e. The molecule has 0 spiro atoms. The largest absolute Gasteiger partial charge is 0.104 e.